The predicted molar refractivity (Wildman–Crippen MR) is 274 cm³/mol. The Labute approximate surface area is 437 Å². The number of carbonyl (C=O) groups excluding carboxylic acids is 2. The van der Waals surface area contributed by atoms with Gasteiger partial charge in [-0.2, -0.15) is 0 Å². The molecule has 2 fully saturated rings. The van der Waals surface area contributed by atoms with Crippen molar-refractivity contribution in [1.29, 1.82) is 0 Å². The van der Waals surface area contributed by atoms with Gasteiger partial charge in [0.1, 0.15) is 55.4 Å². The number of phosphoric acid groups is 1. The molecule has 0 aliphatic carbocycles. The predicted octanol–water partition coefficient (Wildman–Crippen LogP) is 7.74. The van der Waals surface area contributed by atoms with Crippen molar-refractivity contribution in [2.24, 2.45) is 0 Å². The molecule has 0 aromatic carbocycles. The van der Waals surface area contributed by atoms with Crippen LogP contribution in [0.25, 0.3) is 0 Å². The minimum Gasteiger partial charge on any atom is -0.462 e. The van der Waals surface area contributed by atoms with E-state index in [1.165, 1.54) is 135 Å². The Balaban J connectivity index is 1.77. The lowest BCUT2D eigenvalue weighted by Gasteiger charge is -2.42. The Morgan fingerprint density at radius 2 is 0.849 bits per heavy atom. The quantitative estimate of drug-likeness (QED) is 0.0164. The molecule has 20 heteroatoms. The van der Waals surface area contributed by atoms with Crippen molar-refractivity contribution < 1.29 is 92.3 Å². The molecule has 2 aliphatic heterocycles. The minimum absolute atomic E-state index is 0.119. The fraction of sp³-hybridized carbons (Fsp3) is 0.962. The average Bonchev–Trinajstić information content (AvgIpc) is 3.37. The molecule has 12 atom stereocenters. The first-order chi connectivity index (χ1) is 35.2. The Hall–Kier alpha value is -1.39. The summed E-state index contributed by atoms with van der Waals surface area (Å²) < 4.78 is 55.8. The number of phosphoric ester groups is 1. The molecule has 2 heterocycles. The topological polar surface area (TPSA) is 287 Å². The standard InChI is InChI=1S/C53H101O19P/c1-3-5-7-9-11-13-15-17-19-21-23-25-27-29-31-33-44(55)66-38-41(70-45(56)34-32-30-28-26-24-22-20-18-16-14-12-10-8-6-4-2)39-69-73(63,64)68-36-35-65-52-50(61)49(60)47(58)43(72-52)40-67-53-51(62)48(59)46(57)42(37-54)71-53/h41-43,46-54,57-62H,3-40H2,1-2H3,(H,63,64)/t41-,42-,43-,46-,47-,48+,49+,50+,51+,52+,53+/m1/s1. The van der Waals surface area contributed by atoms with Crippen LogP contribution >= 0.6 is 7.82 Å². The lowest BCUT2D eigenvalue weighted by Crippen LogP contribution is -2.61. The maximum Gasteiger partial charge on any atom is 0.472 e. The maximum atomic E-state index is 12.9. The molecule has 2 rings (SSSR count). The van der Waals surface area contributed by atoms with Gasteiger partial charge in [0.05, 0.1) is 33.0 Å². The van der Waals surface area contributed by atoms with Crippen LogP contribution in [-0.2, 0) is 51.6 Å². The summed E-state index contributed by atoms with van der Waals surface area (Å²) in [7, 11) is -4.82. The highest BCUT2D eigenvalue weighted by Gasteiger charge is 2.47. The molecule has 0 aromatic rings. The highest BCUT2D eigenvalue weighted by atomic mass is 31.2. The van der Waals surface area contributed by atoms with Crippen LogP contribution in [0.2, 0.25) is 0 Å². The van der Waals surface area contributed by atoms with Crippen molar-refractivity contribution in [2.75, 3.05) is 39.6 Å². The van der Waals surface area contributed by atoms with Gasteiger partial charge in [0, 0.05) is 12.8 Å². The van der Waals surface area contributed by atoms with Gasteiger partial charge in [0.25, 0.3) is 0 Å². The molecule has 73 heavy (non-hydrogen) atoms. The van der Waals surface area contributed by atoms with Crippen molar-refractivity contribution in [3.63, 3.8) is 0 Å². The average molecular weight is 1070 g/mol. The Kier molecular flexibility index (Phi) is 39.5. The number of aliphatic hydroxyl groups excluding tert-OH is 7. The van der Waals surface area contributed by atoms with E-state index in [1.807, 2.05) is 0 Å². The first-order valence-electron chi connectivity index (χ1n) is 28.4. The van der Waals surface area contributed by atoms with E-state index >= 15 is 0 Å². The van der Waals surface area contributed by atoms with E-state index in [1.54, 1.807) is 0 Å². The fourth-order valence-electron chi connectivity index (χ4n) is 9.02. The van der Waals surface area contributed by atoms with E-state index in [9.17, 15) is 54.8 Å². The van der Waals surface area contributed by atoms with E-state index in [0.717, 1.165) is 44.9 Å². The summed E-state index contributed by atoms with van der Waals surface area (Å²) in [6, 6.07) is 0. The number of rotatable bonds is 47. The molecule has 0 saturated carbocycles. The lowest BCUT2D eigenvalue weighted by atomic mass is 9.98. The van der Waals surface area contributed by atoms with Gasteiger partial charge >= 0.3 is 19.8 Å². The zero-order valence-corrected chi connectivity index (χ0v) is 45.6. The molecule has 0 bridgehead atoms. The molecule has 432 valence electrons. The third-order valence-electron chi connectivity index (χ3n) is 13.7. The number of carbonyl (C=O) groups is 2. The zero-order chi connectivity index (χ0) is 53.5. The molecule has 19 nitrogen and oxygen atoms in total. The van der Waals surface area contributed by atoms with E-state index < -0.39 is 127 Å². The number of ether oxygens (including phenoxy) is 6. The van der Waals surface area contributed by atoms with Crippen LogP contribution in [-0.4, -0.2) is 160 Å². The SMILES string of the molecule is CCCCCCCCCCCCCCCCCC(=O)OC[C@H](COP(=O)(O)OCCO[C@H]1O[C@H](CO[C@H]2O[C@H](CO)[C@@H](O)[C@H](O)[C@@H]2O)[C@@H](O)[C@H](O)[C@@H]1O)OC(=O)CCCCCCCCCCCCCCCCC. The first-order valence-corrected chi connectivity index (χ1v) is 29.9. The maximum absolute atomic E-state index is 12.9. The molecule has 0 amide bonds. The second-order valence-corrected chi connectivity index (χ2v) is 21.7. The van der Waals surface area contributed by atoms with Gasteiger partial charge < -0.3 is 69.1 Å². The molecule has 2 aliphatic rings. The van der Waals surface area contributed by atoms with Crippen molar-refractivity contribution >= 4 is 19.8 Å². The number of hydrogen-bond donors (Lipinski definition) is 8. The fourth-order valence-corrected chi connectivity index (χ4v) is 9.75. The molecule has 0 radical (unpaired) electrons. The minimum atomic E-state index is -4.82. The molecular formula is C53H101O19P. The van der Waals surface area contributed by atoms with Crippen molar-refractivity contribution in [1.82, 2.24) is 0 Å². The molecular weight excluding hydrogens is 972 g/mol. The summed E-state index contributed by atoms with van der Waals surface area (Å²) in [6.45, 7) is 1.09. The molecule has 2 saturated heterocycles. The van der Waals surface area contributed by atoms with Crippen molar-refractivity contribution in [3.8, 4) is 0 Å². The first kappa shape index (κ1) is 67.7. The monoisotopic (exact) mass is 1070 g/mol. The third-order valence-corrected chi connectivity index (χ3v) is 14.7. The Morgan fingerprint density at radius 3 is 1.29 bits per heavy atom. The van der Waals surface area contributed by atoms with Crippen LogP contribution in [0.1, 0.15) is 219 Å². The summed E-state index contributed by atoms with van der Waals surface area (Å²) in [5, 5.41) is 71.2. The summed E-state index contributed by atoms with van der Waals surface area (Å²) in [5.41, 5.74) is 0. The Morgan fingerprint density at radius 1 is 0.466 bits per heavy atom. The van der Waals surface area contributed by atoms with Gasteiger partial charge in [0.15, 0.2) is 18.7 Å². The second kappa shape index (κ2) is 42.6. The van der Waals surface area contributed by atoms with Gasteiger partial charge in [0.2, 0.25) is 0 Å². The summed E-state index contributed by atoms with van der Waals surface area (Å²) >= 11 is 0. The van der Waals surface area contributed by atoms with Crippen LogP contribution in [0, 0.1) is 0 Å². The van der Waals surface area contributed by atoms with Gasteiger partial charge in [-0.1, -0.05) is 194 Å². The summed E-state index contributed by atoms with van der Waals surface area (Å²) in [4.78, 5) is 36.1. The normalized spacial score (nSPS) is 25.6. The van der Waals surface area contributed by atoms with Gasteiger partial charge in [-0.15, -0.1) is 0 Å². The molecule has 1 unspecified atom stereocenters. The van der Waals surface area contributed by atoms with Crippen molar-refractivity contribution in [3.05, 3.63) is 0 Å². The van der Waals surface area contributed by atoms with Gasteiger partial charge in [-0.25, -0.2) is 4.57 Å². The van der Waals surface area contributed by atoms with Crippen molar-refractivity contribution in [2.45, 2.75) is 287 Å². The smallest absolute Gasteiger partial charge is 0.462 e. The largest absolute Gasteiger partial charge is 0.472 e. The number of aliphatic hydroxyl groups is 7. The number of esters is 2. The number of unbranched alkanes of at least 4 members (excludes halogenated alkanes) is 28. The number of hydrogen-bond acceptors (Lipinski definition) is 18. The Bertz CT molecular complexity index is 1400. The summed E-state index contributed by atoms with van der Waals surface area (Å²) in [6.07, 6.45) is 18.5. The van der Waals surface area contributed by atoms with Gasteiger partial charge in [-0.3, -0.25) is 18.6 Å². The highest BCUT2D eigenvalue weighted by Crippen LogP contribution is 2.43. The van der Waals surface area contributed by atoms with E-state index in [2.05, 4.69) is 13.8 Å². The van der Waals surface area contributed by atoms with E-state index in [0.29, 0.717) is 12.8 Å². The van der Waals surface area contributed by atoms with Crippen LogP contribution in [0.3, 0.4) is 0 Å². The van der Waals surface area contributed by atoms with Crippen LogP contribution in [0.15, 0.2) is 0 Å². The molecule has 0 spiro atoms. The van der Waals surface area contributed by atoms with E-state index in [-0.39, 0.29) is 12.8 Å². The lowest BCUT2D eigenvalue weighted by molar-refractivity contribution is -0.331. The zero-order valence-electron chi connectivity index (χ0n) is 44.7. The van der Waals surface area contributed by atoms with Gasteiger partial charge in [-0.05, 0) is 12.8 Å². The van der Waals surface area contributed by atoms with Crippen LogP contribution in [0.4, 0.5) is 0 Å². The van der Waals surface area contributed by atoms with E-state index in [4.69, 9.17) is 37.5 Å². The molecule has 0 aromatic heterocycles. The van der Waals surface area contributed by atoms with Crippen LogP contribution in [0.5, 0.6) is 0 Å². The van der Waals surface area contributed by atoms with Crippen LogP contribution < -0.4 is 0 Å². The highest BCUT2D eigenvalue weighted by molar-refractivity contribution is 7.47. The third kappa shape index (κ3) is 31.6. The summed E-state index contributed by atoms with van der Waals surface area (Å²) in [5.74, 6) is -1.04. The second-order valence-electron chi connectivity index (χ2n) is 20.2. The molecule has 8 N–H and O–H groups in total.